The molecule has 5 heteroatoms. The Morgan fingerprint density at radius 2 is 2.12 bits per heavy atom. The summed E-state index contributed by atoms with van der Waals surface area (Å²) in [6.07, 6.45) is 6.43. The minimum absolute atomic E-state index is 0.449. The quantitative estimate of drug-likeness (QED) is 0.809. The van der Waals surface area contributed by atoms with Crippen molar-refractivity contribution < 1.29 is 0 Å². The largest absolute Gasteiger partial charge is 0.381 e. The molecule has 4 nitrogen and oxygen atoms in total. The molecule has 1 saturated carbocycles. The molecular weight excluding hydrogens is 328 g/mol. The molecule has 0 amide bonds. The molecule has 0 spiro atoms. The van der Waals surface area contributed by atoms with Crippen LogP contribution in [0.1, 0.15) is 37.8 Å². The van der Waals surface area contributed by atoms with Gasteiger partial charge in [-0.05, 0) is 52.0 Å². The third-order valence-electron chi connectivity index (χ3n) is 5.22. The summed E-state index contributed by atoms with van der Waals surface area (Å²) in [5.74, 6) is 1.10. The maximum atomic E-state index is 4.96. The zero-order chi connectivity index (χ0) is 17.2. The van der Waals surface area contributed by atoms with Gasteiger partial charge in [0.2, 0.25) is 0 Å². The van der Waals surface area contributed by atoms with Crippen LogP contribution in [0.15, 0.2) is 29.3 Å². The molecule has 2 heterocycles. The van der Waals surface area contributed by atoms with Crippen molar-refractivity contribution in [2.24, 2.45) is 4.99 Å². The number of nitrogens with one attached hydrogen (secondary N) is 2. The lowest BCUT2D eigenvalue weighted by Gasteiger charge is -2.14. The van der Waals surface area contributed by atoms with Gasteiger partial charge in [0.05, 0.1) is 22.9 Å². The molecular formula is C20H28N4S. The fourth-order valence-corrected chi connectivity index (χ4v) is 4.88. The molecule has 2 aliphatic rings. The van der Waals surface area contributed by atoms with Crippen LogP contribution in [0.25, 0.3) is 10.9 Å². The second-order valence-electron chi connectivity index (χ2n) is 7.57. The van der Waals surface area contributed by atoms with Gasteiger partial charge in [0.1, 0.15) is 5.04 Å². The van der Waals surface area contributed by atoms with Crippen LogP contribution in [0.3, 0.4) is 0 Å². The number of para-hydroxylation sites is 1. The van der Waals surface area contributed by atoms with Crippen molar-refractivity contribution in [1.29, 1.82) is 0 Å². The van der Waals surface area contributed by atoms with Crippen LogP contribution in [-0.2, 0) is 0 Å². The van der Waals surface area contributed by atoms with Gasteiger partial charge in [-0.15, -0.1) is 11.8 Å². The minimum atomic E-state index is 0.449. The van der Waals surface area contributed by atoms with Crippen molar-refractivity contribution in [3.8, 4) is 0 Å². The maximum absolute atomic E-state index is 4.96. The molecule has 1 atom stereocenters. The van der Waals surface area contributed by atoms with Gasteiger partial charge in [-0.1, -0.05) is 25.0 Å². The number of H-pyrrole nitrogens is 1. The third-order valence-corrected chi connectivity index (χ3v) is 6.37. The van der Waals surface area contributed by atoms with Crippen molar-refractivity contribution in [1.82, 2.24) is 9.88 Å². The van der Waals surface area contributed by atoms with Crippen LogP contribution in [0.5, 0.6) is 0 Å². The highest BCUT2D eigenvalue weighted by atomic mass is 32.2. The number of benzene rings is 1. The standard InChI is InChI=1S/C20H28N4S/c1-24(2)11-10-16-13-25-20(22-16)18-12-14-6-5-9-17(19(14)23-18)21-15-7-3-4-8-15/h5-6,9,12,15-16,21,23H,3-4,7-8,10-11,13H2,1-2H3/t16-/m1/s1. The molecule has 134 valence electrons. The lowest BCUT2D eigenvalue weighted by molar-refractivity contribution is 0.388. The van der Waals surface area contributed by atoms with E-state index >= 15 is 0 Å². The molecule has 1 aromatic heterocycles. The van der Waals surface area contributed by atoms with E-state index in [4.69, 9.17) is 4.99 Å². The second kappa shape index (κ2) is 7.42. The molecule has 1 aliphatic heterocycles. The summed E-state index contributed by atoms with van der Waals surface area (Å²) in [7, 11) is 4.26. The van der Waals surface area contributed by atoms with Gasteiger partial charge in [-0.3, -0.25) is 4.99 Å². The number of aromatic nitrogens is 1. The molecule has 1 fully saturated rings. The molecule has 2 aromatic rings. The Bertz CT molecular complexity index is 758. The minimum Gasteiger partial charge on any atom is -0.381 e. The van der Waals surface area contributed by atoms with Crippen molar-refractivity contribution >= 4 is 33.4 Å². The Hall–Kier alpha value is -1.46. The highest BCUT2D eigenvalue weighted by Crippen LogP contribution is 2.31. The van der Waals surface area contributed by atoms with Gasteiger partial charge in [0.15, 0.2) is 0 Å². The van der Waals surface area contributed by atoms with E-state index in [0.717, 1.165) is 18.7 Å². The molecule has 1 aromatic carbocycles. The van der Waals surface area contributed by atoms with Crippen molar-refractivity contribution in [2.75, 3.05) is 31.7 Å². The zero-order valence-electron chi connectivity index (χ0n) is 15.2. The first kappa shape index (κ1) is 17.0. The van der Waals surface area contributed by atoms with E-state index in [1.54, 1.807) is 0 Å². The summed E-state index contributed by atoms with van der Waals surface area (Å²) in [6.45, 7) is 1.10. The molecule has 1 aliphatic carbocycles. The summed E-state index contributed by atoms with van der Waals surface area (Å²) in [6, 6.07) is 9.88. The van der Waals surface area contributed by atoms with Gasteiger partial charge in [-0.2, -0.15) is 0 Å². The van der Waals surface area contributed by atoms with E-state index in [-0.39, 0.29) is 0 Å². The van der Waals surface area contributed by atoms with Crippen molar-refractivity contribution in [3.05, 3.63) is 30.0 Å². The number of aromatic amines is 1. The lowest BCUT2D eigenvalue weighted by atomic mass is 10.2. The number of aliphatic imine (C=N–C) groups is 1. The summed E-state index contributed by atoms with van der Waals surface area (Å²) in [5.41, 5.74) is 3.64. The Labute approximate surface area is 154 Å². The van der Waals surface area contributed by atoms with E-state index in [1.807, 2.05) is 11.8 Å². The van der Waals surface area contributed by atoms with Crippen LogP contribution < -0.4 is 5.32 Å². The van der Waals surface area contributed by atoms with E-state index < -0.39 is 0 Å². The van der Waals surface area contributed by atoms with E-state index in [0.29, 0.717) is 12.1 Å². The Morgan fingerprint density at radius 1 is 1.28 bits per heavy atom. The van der Waals surface area contributed by atoms with Crippen LogP contribution in [-0.4, -0.2) is 53.4 Å². The first-order valence-electron chi connectivity index (χ1n) is 9.43. The number of thioether (sulfide) groups is 1. The molecule has 2 N–H and O–H groups in total. The summed E-state index contributed by atoms with van der Waals surface area (Å²) in [5, 5.41) is 6.19. The third kappa shape index (κ3) is 3.87. The van der Waals surface area contributed by atoms with Crippen molar-refractivity contribution in [3.63, 3.8) is 0 Å². The Kier molecular flexibility index (Phi) is 5.04. The highest BCUT2D eigenvalue weighted by Gasteiger charge is 2.21. The molecule has 0 radical (unpaired) electrons. The van der Waals surface area contributed by atoms with E-state index in [9.17, 15) is 0 Å². The van der Waals surface area contributed by atoms with Crippen LogP contribution in [0, 0.1) is 0 Å². The molecule has 0 bridgehead atoms. The summed E-state index contributed by atoms with van der Waals surface area (Å²) >= 11 is 1.89. The molecule has 0 unspecified atom stereocenters. The molecule has 25 heavy (non-hydrogen) atoms. The van der Waals surface area contributed by atoms with Crippen LogP contribution in [0.4, 0.5) is 5.69 Å². The lowest BCUT2D eigenvalue weighted by Crippen LogP contribution is -2.18. The van der Waals surface area contributed by atoms with Crippen molar-refractivity contribution in [2.45, 2.75) is 44.2 Å². The maximum Gasteiger partial charge on any atom is 0.114 e. The van der Waals surface area contributed by atoms with E-state index in [1.165, 1.54) is 53.0 Å². The number of nitrogens with zero attached hydrogens (tertiary/aromatic N) is 2. The number of rotatable bonds is 6. The Balaban J connectivity index is 1.54. The zero-order valence-corrected chi connectivity index (χ0v) is 16.0. The second-order valence-corrected chi connectivity index (χ2v) is 8.58. The number of hydrogen-bond donors (Lipinski definition) is 2. The van der Waals surface area contributed by atoms with Crippen LogP contribution in [0.2, 0.25) is 0 Å². The average molecular weight is 357 g/mol. The first-order chi connectivity index (χ1) is 12.2. The highest BCUT2D eigenvalue weighted by molar-refractivity contribution is 8.14. The van der Waals surface area contributed by atoms with Gasteiger partial charge < -0.3 is 15.2 Å². The smallest absolute Gasteiger partial charge is 0.114 e. The van der Waals surface area contributed by atoms with Gasteiger partial charge in [0, 0.05) is 17.2 Å². The average Bonchev–Trinajstić information content (AvgIpc) is 3.33. The summed E-state index contributed by atoms with van der Waals surface area (Å²) < 4.78 is 0. The normalized spacial score (nSPS) is 21.4. The Morgan fingerprint density at radius 3 is 2.92 bits per heavy atom. The SMILES string of the molecule is CN(C)CC[C@@H]1CSC(c2cc3cccc(NC4CCCC4)c3[nH]2)=N1. The summed E-state index contributed by atoms with van der Waals surface area (Å²) in [4.78, 5) is 10.8. The molecule has 4 rings (SSSR count). The van der Waals surface area contributed by atoms with Gasteiger partial charge >= 0.3 is 0 Å². The van der Waals surface area contributed by atoms with E-state index in [2.05, 4.69) is 53.6 Å². The predicted molar refractivity (Wildman–Crippen MR) is 110 cm³/mol. The number of hydrogen-bond acceptors (Lipinski definition) is 4. The molecule has 0 saturated heterocycles. The first-order valence-corrected chi connectivity index (χ1v) is 10.4. The monoisotopic (exact) mass is 356 g/mol. The van der Waals surface area contributed by atoms with Crippen LogP contribution >= 0.6 is 11.8 Å². The predicted octanol–water partition coefficient (Wildman–Crippen LogP) is 4.34. The van der Waals surface area contributed by atoms with Gasteiger partial charge in [-0.25, -0.2) is 0 Å². The van der Waals surface area contributed by atoms with Gasteiger partial charge in [0.25, 0.3) is 0 Å². The number of anilines is 1. The fraction of sp³-hybridized carbons (Fsp3) is 0.550. The number of fused-ring (bicyclic) bond motifs is 1. The topological polar surface area (TPSA) is 43.4 Å². The fourth-order valence-electron chi connectivity index (χ4n) is 3.80.